The number of hydrogen-bond donors (Lipinski definition) is 0. The molecule has 0 N–H and O–H groups in total. The van der Waals surface area contributed by atoms with Crippen LogP contribution < -0.4 is 0 Å². The molecule has 0 bridgehead atoms. The van der Waals surface area contributed by atoms with Gasteiger partial charge < -0.3 is 14.3 Å². The zero-order valence-corrected chi connectivity index (χ0v) is 13.6. The molecule has 0 radical (unpaired) electrons. The molecule has 2 aliphatic rings. The zero-order valence-electron chi connectivity index (χ0n) is 13.6. The van der Waals surface area contributed by atoms with E-state index in [0.29, 0.717) is 18.5 Å². The van der Waals surface area contributed by atoms with Crippen LogP contribution in [-0.4, -0.2) is 53.1 Å². The Morgan fingerprint density at radius 3 is 2.83 bits per heavy atom. The maximum absolute atomic E-state index is 12.9. The molecule has 1 aromatic carbocycles. The maximum atomic E-state index is 12.9. The Labute approximate surface area is 136 Å². The minimum absolute atomic E-state index is 0.187. The number of hydrogen-bond acceptors (Lipinski definition) is 4. The first-order valence-electron chi connectivity index (χ1n) is 8.57. The number of likely N-dealkylation sites (N-methyl/N-ethyl adjacent to an activating group) is 1. The van der Waals surface area contributed by atoms with Gasteiger partial charge in [-0.25, -0.2) is 0 Å². The molecule has 0 unspecified atom stereocenters. The van der Waals surface area contributed by atoms with Crippen LogP contribution in [0, 0.1) is 0 Å². The van der Waals surface area contributed by atoms with E-state index in [1.54, 1.807) is 0 Å². The fraction of sp³-hybridized carbons (Fsp3) is 0.556. The standard InChI is InChI=1S/C18H23N3O2/c1-20-10-4-7-15(20)16-8-5-11-21(16)18(22)12-14-13-6-2-3-9-17(13)23-19-14/h2-3,6,9,15-16H,4-5,7-8,10-12H2,1H3/t15-,16+/m1/s1. The topological polar surface area (TPSA) is 49.6 Å². The third kappa shape index (κ3) is 2.63. The lowest BCUT2D eigenvalue weighted by Crippen LogP contribution is -2.47. The van der Waals surface area contributed by atoms with Crippen molar-refractivity contribution in [2.75, 3.05) is 20.1 Å². The Balaban J connectivity index is 1.52. The number of rotatable bonds is 3. The zero-order chi connectivity index (χ0) is 15.8. The fourth-order valence-corrected chi connectivity index (χ4v) is 4.23. The summed E-state index contributed by atoms with van der Waals surface area (Å²) in [6.07, 6.45) is 5.02. The van der Waals surface area contributed by atoms with Crippen LogP contribution >= 0.6 is 0 Å². The van der Waals surface area contributed by atoms with Gasteiger partial charge in [0.25, 0.3) is 0 Å². The van der Waals surface area contributed by atoms with Gasteiger partial charge in [-0.2, -0.15) is 0 Å². The average Bonchev–Trinajstić information content (AvgIpc) is 3.27. The molecular formula is C18H23N3O2. The highest BCUT2D eigenvalue weighted by Gasteiger charge is 2.38. The van der Waals surface area contributed by atoms with Gasteiger partial charge in [-0.1, -0.05) is 17.3 Å². The molecule has 0 aliphatic carbocycles. The molecule has 2 fully saturated rings. The molecule has 2 aromatic rings. The smallest absolute Gasteiger partial charge is 0.229 e. The Morgan fingerprint density at radius 1 is 1.22 bits per heavy atom. The van der Waals surface area contributed by atoms with Gasteiger partial charge in [0.05, 0.1) is 6.42 Å². The van der Waals surface area contributed by atoms with Gasteiger partial charge in [-0.15, -0.1) is 0 Å². The van der Waals surface area contributed by atoms with E-state index in [4.69, 9.17) is 4.52 Å². The molecule has 3 heterocycles. The number of amides is 1. The fourth-order valence-electron chi connectivity index (χ4n) is 4.23. The van der Waals surface area contributed by atoms with Crippen LogP contribution in [0.1, 0.15) is 31.4 Å². The normalized spacial score (nSPS) is 25.5. The molecule has 2 atom stereocenters. The third-order valence-electron chi connectivity index (χ3n) is 5.41. The first-order chi connectivity index (χ1) is 11.2. The lowest BCUT2D eigenvalue weighted by atomic mass is 10.0. The summed E-state index contributed by atoms with van der Waals surface area (Å²) >= 11 is 0. The number of benzene rings is 1. The van der Waals surface area contributed by atoms with E-state index < -0.39 is 0 Å². The molecule has 0 spiro atoms. The third-order valence-corrected chi connectivity index (χ3v) is 5.41. The first kappa shape index (κ1) is 14.7. The van der Waals surface area contributed by atoms with Gasteiger partial charge in [0.2, 0.25) is 5.91 Å². The van der Waals surface area contributed by atoms with E-state index in [1.807, 2.05) is 24.3 Å². The number of likely N-dealkylation sites (tertiary alicyclic amines) is 2. The highest BCUT2D eigenvalue weighted by atomic mass is 16.5. The predicted octanol–water partition coefficient (Wildman–Crippen LogP) is 2.46. The summed E-state index contributed by atoms with van der Waals surface area (Å²) in [5.74, 6) is 0.187. The van der Waals surface area contributed by atoms with E-state index in [-0.39, 0.29) is 5.91 Å². The first-order valence-corrected chi connectivity index (χ1v) is 8.57. The van der Waals surface area contributed by atoms with Crippen LogP contribution in [0.3, 0.4) is 0 Å². The Hall–Kier alpha value is -1.88. The maximum Gasteiger partial charge on any atom is 0.229 e. The summed E-state index contributed by atoms with van der Waals surface area (Å²) in [6.45, 7) is 2.03. The Kier molecular flexibility index (Phi) is 3.81. The minimum atomic E-state index is 0.187. The van der Waals surface area contributed by atoms with Crippen LogP contribution in [-0.2, 0) is 11.2 Å². The number of carbonyl (C=O) groups is 1. The second kappa shape index (κ2) is 5.96. The molecule has 122 valence electrons. The Morgan fingerprint density at radius 2 is 2.00 bits per heavy atom. The Bertz CT molecular complexity index is 711. The van der Waals surface area contributed by atoms with Crippen molar-refractivity contribution < 1.29 is 9.32 Å². The lowest BCUT2D eigenvalue weighted by Gasteiger charge is -2.33. The van der Waals surface area contributed by atoms with Gasteiger partial charge in [0.15, 0.2) is 5.58 Å². The summed E-state index contributed by atoms with van der Waals surface area (Å²) in [7, 11) is 2.18. The van der Waals surface area contributed by atoms with Crippen LogP contribution in [0.4, 0.5) is 0 Å². The quantitative estimate of drug-likeness (QED) is 0.873. The van der Waals surface area contributed by atoms with Crippen molar-refractivity contribution in [1.82, 2.24) is 15.0 Å². The molecule has 1 amide bonds. The summed E-state index contributed by atoms with van der Waals surface area (Å²) in [6, 6.07) is 8.64. The van der Waals surface area contributed by atoms with E-state index in [0.717, 1.165) is 42.6 Å². The van der Waals surface area contributed by atoms with Gasteiger partial charge in [0.1, 0.15) is 5.69 Å². The van der Waals surface area contributed by atoms with Crippen molar-refractivity contribution in [1.29, 1.82) is 0 Å². The number of nitrogens with zero attached hydrogens (tertiary/aromatic N) is 3. The largest absolute Gasteiger partial charge is 0.356 e. The molecule has 1 aromatic heterocycles. The van der Waals surface area contributed by atoms with Gasteiger partial charge in [0, 0.05) is 24.0 Å². The van der Waals surface area contributed by atoms with E-state index in [1.165, 1.54) is 12.8 Å². The summed E-state index contributed by atoms with van der Waals surface area (Å²) < 4.78 is 5.33. The van der Waals surface area contributed by atoms with Crippen LogP contribution in [0.25, 0.3) is 11.0 Å². The average molecular weight is 313 g/mol. The highest BCUT2D eigenvalue weighted by Crippen LogP contribution is 2.30. The number of para-hydroxylation sites is 1. The number of aromatic nitrogens is 1. The van der Waals surface area contributed by atoms with Crippen LogP contribution in [0.5, 0.6) is 0 Å². The summed E-state index contributed by atoms with van der Waals surface area (Å²) in [5, 5.41) is 5.06. The van der Waals surface area contributed by atoms with Crippen molar-refractivity contribution >= 4 is 16.9 Å². The van der Waals surface area contributed by atoms with Crippen LogP contribution in [0.15, 0.2) is 28.8 Å². The second-order valence-corrected chi connectivity index (χ2v) is 6.79. The molecule has 5 heteroatoms. The van der Waals surface area contributed by atoms with Crippen molar-refractivity contribution in [2.24, 2.45) is 0 Å². The van der Waals surface area contributed by atoms with Crippen molar-refractivity contribution in [3.63, 3.8) is 0 Å². The molecular weight excluding hydrogens is 290 g/mol. The van der Waals surface area contributed by atoms with Crippen molar-refractivity contribution in [3.8, 4) is 0 Å². The van der Waals surface area contributed by atoms with E-state index in [9.17, 15) is 4.79 Å². The van der Waals surface area contributed by atoms with Crippen molar-refractivity contribution in [3.05, 3.63) is 30.0 Å². The summed E-state index contributed by atoms with van der Waals surface area (Å²) in [5.41, 5.74) is 1.51. The molecule has 4 rings (SSSR count). The lowest BCUT2D eigenvalue weighted by molar-refractivity contribution is -0.132. The molecule has 2 aliphatic heterocycles. The summed E-state index contributed by atoms with van der Waals surface area (Å²) in [4.78, 5) is 17.4. The van der Waals surface area contributed by atoms with Crippen LogP contribution in [0.2, 0.25) is 0 Å². The predicted molar refractivity (Wildman–Crippen MR) is 88.1 cm³/mol. The highest BCUT2D eigenvalue weighted by molar-refractivity contribution is 5.86. The molecule has 2 saturated heterocycles. The number of carbonyl (C=O) groups excluding carboxylic acids is 1. The molecule has 0 saturated carbocycles. The number of fused-ring (bicyclic) bond motifs is 1. The van der Waals surface area contributed by atoms with Gasteiger partial charge >= 0.3 is 0 Å². The van der Waals surface area contributed by atoms with Crippen molar-refractivity contribution in [2.45, 2.75) is 44.2 Å². The van der Waals surface area contributed by atoms with Gasteiger partial charge in [-0.05, 0) is 51.4 Å². The monoisotopic (exact) mass is 313 g/mol. The van der Waals surface area contributed by atoms with E-state index in [2.05, 4.69) is 22.0 Å². The minimum Gasteiger partial charge on any atom is -0.356 e. The second-order valence-electron chi connectivity index (χ2n) is 6.79. The molecule has 23 heavy (non-hydrogen) atoms. The molecule has 5 nitrogen and oxygen atoms in total. The van der Waals surface area contributed by atoms with Gasteiger partial charge in [-0.3, -0.25) is 4.79 Å². The van der Waals surface area contributed by atoms with E-state index >= 15 is 0 Å². The SMILES string of the molecule is CN1CCC[C@@H]1[C@@H]1CCCN1C(=O)Cc1noc2ccccc12.